The van der Waals surface area contributed by atoms with Gasteiger partial charge in [0.05, 0.1) is 0 Å². The van der Waals surface area contributed by atoms with Gasteiger partial charge in [-0.1, -0.05) is 24.3 Å². The highest BCUT2D eigenvalue weighted by Gasteiger charge is 2.09. The van der Waals surface area contributed by atoms with Crippen LogP contribution in [0.1, 0.15) is 20.8 Å². The lowest BCUT2D eigenvalue weighted by Crippen LogP contribution is -2.37. The molecule has 0 aromatic heterocycles. The first-order chi connectivity index (χ1) is 7.88. The van der Waals surface area contributed by atoms with E-state index in [0.717, 1.165) is 16.8 Å². The summed E-state index contributed by atoms with van der Waals surface area (Å²) in [6.07, 6.45) is 0. The van der Waals surface area contributed by atoms with Gasteiger partial charge < -0.3 is 5.32 Å². The molecule has 3 heteroatoms. The van der Waals surface area contributed by atoms with E-state index in [4.69, 9.17) is 0 Å². The van der Waals surface area contributed by atoms with Crippen LogP contribution in [0.4, 0.5) is 0 Å². The van der Waals surface area contributed by atoms with Crippen molar-refractivity contribution in [3.05, 3.63) is 40.9 Å². The van der Waals surface area contributed by atoms with Crippen LogP contribution in [0, 0.1) is 0 Å². The van der Waals surface area contributed by atoms with Crippen molar-refractivity contribution in [1.29, 1.82) is 0 Å². The lowest BCUT2D eigenvalue weighted by Gasteiger charge is -2.21. The Morgan fingerprint density at radius 1 is 1.35 bits per heavy atom. The molecule has 0 heterocycles. The van der Waals surface area contributed by atoms with Crippen LogP contribution >= 0.6 is 27.7 Å². The SMILES string of the molecule is C=C(CNC(C)(C)C)CSc1ccccc1Br. The molecule has 1 aromatic rings. The van der Waals surface area contributed by atoms with E-state index in [9.17, 15) is 0 Å². The largest absolute Gasteiger partial charge is 0.308 e. The minimum Gasteiger partial charge on any atom is -0.308 e. The van der Waals surface area contributed by atoms with E-state index in [0.29, 0.717) is 0 Å². The average molecular weight is 314 g/mol. The number of hydrogen-bond acceptors (Lipinski definition) is 2. The van der Waals surface area contributed by atoms with Crippen LogP contribution in [0.25, 0.3) is 0 Å². The van der Waals surface area contributed by atoms with Gasteiger partial charge in [-0.15, -0.1) is 11.8 Å². The fourth-order valence-corrected chi connectivity index (χ4v) is 2.65. The maximum Gasteiger partial charge on any atom is 0.0311 e. The quantitative estimate of drug-likeness (QED) is 0.635. The Morgan fingerprint density at radius 3 is 2.59 bits per heavy atom. The molecule has 1 N–H and O–H groups in total. The first-order valence-electron chi connectivity index (χ1n) is 5.67. The van der Waals surface area contributed by atoms with Gasteiger partial charge in [-0.25, -0.2) is 0 Å². The first-order valence-corrected chi connectivity index (χ1v) is 7.45. The molecule has 1 rings (SSSR count). The Labute approximate surface area is 117 Å². The second-order valence-electron chi connectivity index (χ2n) is 5.07. The molecule has 0 saturated heterocycles. The molecule has 0 aliphatic carbocycles. The molecule has 0 amide bonds. The van der Waals surface area contributed by atoms with Crippen molar-refractivity contribution in [3.63, 3.8) is 0 Å². The van der Waals surface area contributed by atoms with Crippen molar-refractivity contribution >= 4 is 27.7 Å². The molecule has 0 aliphatic rings. The average Bonchev–Trinajstić information content (AvgIpc) is 2.24. The monoisotopic (exact) mass is 313 g/mol. The molecule has 0 atom stereocenters. The summed E-state index contributed by atoms with van der Waals surface area (Å²) in [5.74, 6) is 0.950. The third-order valence-corrected chi connectivity index (χ3v) is 4.31. The summed E-state index contributed by atoms with van der Waals surface area (Å²) in [5.41, 5.74) is 1.38. The molecular weight excluding hydrogens is 294 g/mol. The molecular formula is C14H20BrNS. The van der Waals surface area contributed by atoms with Gasteiger partial charge in [0.25, 0.3) is 0 Å². The fourth-order valence-electron chi connectivity index (χ4n) is 1.18. The Hall–Kier alpha value is -0.250. The maximum atomic E-state index is 4.10. The highest BCUT2D eigenvalue weighted by atomic mass is 79.9. The number of rotatable bonds is 5. The molecule has 0 unspecified atom stereocenters. The van der Waals surface area contributed by atoms with Crippen LogP contribution in [-0.4, -0.2) is 17.8 Å². The van der Waals surface area contributed by atoms with Gasteiger partial charge in [0.1, 0.15) is 0 Å². The molecule has 0 radical (unpaired) electrons. The van der Waals surface area contributed by atoms with Crippen LogP contribution < -0.4 is 5.32 Å². The van der Waals surface area contributed by atoms with Gasteiger partial charge >= 0.3 is 0 Å². The molecule has 0 saturated carbocycles. The number of thioether (sulfide) groups is 1. The third-order valence-electron chi connectivity index (χ3n) is 2.14. The summed E-state index contributed by atoms with van der Waals surface area (Å²) in [6.45, 7) is 11.5. The third kappa shape index (κ3) is 6.29. The molecule has 0 spiro atoms. The summed E-state index contributed by atoms with van der Waals surface area (Å²) < 4.78 is 1.15. The van der Waals surface area contributed by atoms with Gasteiger partial charge in [-0.05, 0) is 48.8 Å². The van der Waals surface area contributed by atoms with Crippen LogP contribution in [-0.2, 0) is 0 Å². The van der Waals surface area contributed by atoms with E-state index in [1.165, 1.54) is 10.5 Å². The molecule has 1 aromatic carbocycles. The lowest BCUT2D eigenvalue weighted by molar-refractivity contribution is 0.445. The number of benzene rings is 1. The van der Waals surface area contributed by atoms with Gasteiger partial charge in [0.15, 0.2) is 0 Å². The summed E-state index contributed by atoms with van der Waals surface area (Å²) in [6, 6.07) is 8.28. The Kier molecular flexibility index (Phi) is 5.77. The van der Waals surface area contributed by atoms with Crippen LogP contribution in [0.15, 0.2) is 45.8 Å². The van der Waals surface area contributed by atoms with Crippen LogP contribution in [0.2, 0.25) is 0 Å². The second kappa shape index (κ2) is 6.62. The normalized spacial score (nSPS) is 11.5. The zero-order chi connectivity index (χ0) is 12.9. The maximum absolute atomic E-state index is 4.10. The van der Waals surface area contributed by atoms with Crippen molar-refractivity contribution in [1.82, 2.24) is 5.32 Å². The summed E-state index contributed by atoms with van der Waals surface area (Å²) >= 11 is 5.37. The molecule has 0 aliphatic heterocycles. The Bertz CT molecular complexity index is 382. The summed E-state index contributed by atoms with van der Waals surface area (Å²) in [5, 5.41) is 3.45. The van der Waals surface area contributed by atoms with E-state index >= 15 is 0 Å². The van der Waals surface area contributed by atoms with Gasteiger partial charge in [-0.2, -0.15) is 0 Å². The standard InChI is InChI=1S/C14H20BrNS/c1-11(9-16-14(2,3)4)10-17-13-8-6-5-7-12(13)15/h5-8,16H,1,9-10H2,2-4H3. The highest BCUT2D eigenvalue weighted by molar-refractivity contribution is 9.10. The van der Waals surface area contributed by atoms with Crippen molar-refractivity contribution in [3.8, 4) is 0 Å². The van der Waals surface area contributed by atoms with E-state index in [1.807, 2.05) is 17.8 Å². The molecule has 0 bridgehead atoms. The highest BCUT2D eigenvalue weighted by Crippen LogP contribution is 2.27. The van der Waals surface area contributed by atoms with E-state index < -0.39 is 0 Å². The number of hydrogen-bond donors (Lipinski definition) is 1. The summed E-state index contributed by atoms with van der Waals surface area (Å²) in [4.78, 5) is 1.27. The predicted molar refractivity (Wildman–Crippen MR) is 81.8 cm³/mol. The van der Waals surface area contributed by atoms with Crippen molar-refractivity contribution in [2.45, 2.75) is 31.2 Å². The topological polar surface area (TPSA) is 12.0 Å². The van der Waals surface area contributed by atoms with Gasteiger partial charge in [-0.3, -0.25) is 0 Å². The van der Waals surface area contributed by atoms with E-state index in [1.54, 1.807) is 0 Å². The lowest BCUT2D eigenvalue weighted by atomic mass is 10.1. The predicted octanol–water partition coefficient (Wildman–Crippen LogP) is 4.49. The van der Waals surface area contributed by atoms with Crippen LogP contribution in [0.5, 0.6) is 0 Å². The van der Waals surface area contributed by atoms with Gasteiger partial charge in [0.2, 0.25) is 0 Å². The molecule has 17 heavy (non-hydrogen) atoms. The van der Waals surface area contributed by atoms with Crippen LogP contribution in [0.3, 0.4) is 0 Å². The number of halogens is 1. The fraction of sp³-hybridized carbons (Fsp3) is 0.429. The number of nitrogens with one attached hydrogen (secondary N) is 1. The van der Waals surface area contributed by atoms with E-state index in [-0.39, 0.29) is 5.54 Å². The zero-order valence-electron chi connectivity index (χ0n) is 10.7. The Morgan fingerprint density at radius 2 is 2.00 bits per heavy atom. The van der Waals surface area contributed by atoms with Crippen molar-refractivity contribution in [2.24, 2.45) is 0 Å². The molecule has 0 fully saturated rings. The second-order valence-corrected chi connectivity index (χ2v) is 6.94. The Balaban J connectivity index is 2.36. The molecule has 1 nitrogen and oxygen atoms in total. The minimum absolute atomic E-state index is 0.154. The van der Waals surface area contributed by atoms with Crippen molar-refractivity contribution in [2.75, 3.05) is 12.3 Å². The molecule has 94 valence electrons. The smallest absolute Gasteiger partial charge is 0.0311 e. The minimum atomic E-state index is 0.154. The van der Waals surface area contributed by atoms with Crippen molar-refractivity contribution < 1.29 is 0 Å². The zero-order valence-corrected chi connectivity index (χ0v) is 13.1. The van der Waals surface area contributed by atoms with E-state index in [2.05, 4.69) is 66.8 Å². The first kappa shape index (κ1) is 14.8. The van der Waals surface area contributed by atoms with Gasteiger partial charge in [0, 0.05) is 27.2 Å². The summed E-state index contributed by atoms with van der Waals surface area (Å²) in [7, 11) is 0.